The summed E-state index contributed by atoms with van der Waals surface area (Å²) in [6.07, 6.45) is 2.12. The van der Waals surface area contributed by atoms with Gasteiger partial charge in [-0.05, 0) is 41.1 Å². The summed E-state index contributed by atoms with van der Waals surface area (Å²) in [4.78, 5) is 2.19. The summed E-state index contributed by atoms with van der Waals surface area (Å²) in [5.41, 5.74) is 0.333. The van der Waals surface area contributed by atoms with Gasteiger partial charge in [-0.2, -0.15) is 11.8 Å². The topological polar surface area (TPSA) is 3.24 Å². The lowest BCUT2D eigenvalue weighted by Gasteiger charge is -2.27. The van der Waals surface area contributed by atoms with Crippen LogP contribution in [0.25, 0.3) is 0 Å². The van der Waals surface area contributed by atoms with Gasteiger partial charge in [0.1, 0.15) is 0 Å². The standard InChI is InChI=1S/C6H15N.C5H12S/c1-6(2,3)7(4)5;1-5(2,3)6-4/h1-5H3;1-4H3. The molecule has 0 fully saturated rings. The first-order valence-electron chi connectivity index (χ1n) is 4.73. The van der Waals surface area contributed by atoms with E-state index >= 15 is 0 Å². The molecular weight excluding hydrogens is 178 g/mol. The third-order valence-corrected chi connectivity index (χ3v) is 3.18. The highest BCUT2D eigenvalue weighted by Crippen LogP contribution is 2.18. The predicted molar refractivity (Wildman–Crippen MR) is 66.7 cm³/mol. The van der Waals surface area contributed by atoms with Crippen LogP contribution in [0.1, 0.15) is 41.5 Å². The van der Waals surface area contributed by atoms with E-state index in [1.54, 1.807) is 0 Å². The van der Waals surface area contributed by atoms with Gasteiger partial charge in [0.2, 0.25) is 0 Å². The monoisotopic (exact) mass is 205 g/mol. The first kappa shape index (κ1) is 15.8. The van der Waals surface area contributed by atoms with Gasteiger partial charge < -0.3 is 4.90 Å². The van der Waals surface area contributed by atoms with Crippen molar-refractivity contribution in [3.63, 3.8) is 0 Å². The number of thioether (sulfide) groups is 1. The summed E-state index contributed by atoms with van der Waals surface area (Å²) in [5, 5.41) is 0. The molecule has 1 nitrogen and oxygen atoms in total. The Labute approximate surface area is 89.3 Å². The van der Waals surface area contributed by atoms with Gasteiger partial charge in [-0.25, -0.2) is 0 Å². The highest BCUT2D eigenvalue weighted by atomic mass is 32.2. The number of hydrogen-bond donors (Lipinski definition) is 0. The second-order valence-electron chi connectivity index (χ2n) is 5.38. The van der Waals surface area contributed by atoms with Crippen molar-refractivity contribution in [1.29, 1.82) is 0 Å². The van der Waals surface area contributed by atoms with E-state index in [1.807, 2.05) is 11.8 Å². The van der Waals surface area contributed by atoms with Gasteiger partial charge in [-0.1, -0.05) is 20.8 Å². The Morgan fingerprint density at radius 2 is 1.00 bits per heavy atom. The molecule has 2 heteroatoms. The van der Waals surface area contributed by atoms with Crippen molar-refractivity contribution in [1.82, 2.24) is 4.90 Å². The quantitative estimate of drug-likeness (QED) is 0.595. The van der Waals surface area contributed by atoms with Gasteiger partial charge in [-0.15, -0.1) is 0 Å². The zero-order valence-corrected chi connectivity index (χ0v) is 11.7. The van der Waals surface area contributed by atoms with Crippen LogP contribution in [-0.4, -0.2) is 35.5 Å². The molecule has 0 aromatic heterocycles. The lowest BCUT2D eigenvalue weighted by Crippen LogP contribution is -2.34. The van der Waals surface area contributed by atoms with Gasteiger partial charge in [0.15, 0.2) is 0 Å². The minimum absolute atomic E-state index is 0.333. The van der Waals surface area contributed by atoms with Crippen molar-refractivity contribution >= 4 is 11.8 Å². The van der Waals surface area contributed by atoms with E-state index in [9.17, 15) is 0 Å². The molecule has 0 bridgehead atoms. The molecule has 0 amide bonds. The minimum atomic E-state index is 0.333. The summed E-state index contributed by atoms with van der Waals surface area (Å²) < 4.78 is 0.458. The van der Waals surface area contributed by atoms with E-state index in [0.717, 1.165) is 0 Å². The van der Waals surface area contributed by atoms with Gasteiger partial charge in [0, 0.05) is 10.3 Å². The van der Waals surface area contributed by atoms with E-state index < -0.39 is 0 Å². The van der Waals surface area contributed by atoms with Gasteiger partial charge >= 0.3 is 0 Å². The molecule has 0 radical (unpaired) electrons. The Hall–Kier alpha value is 0.310. The first-order valence-corrected chi connectivity index (χ1v) is 5.96. The van der Waals surface area contributed by atoms with Gasteiger partial charge in [0.25, 0.3) is 0 Å². The van der Waals surface area contributed by atoms with Crippen LogP contribution >= 0.6 is 11.8 Å². The molecule has 0 atom stereocenters. The SMILES string of the molecule is CN(C)C(C)(C)C.CSC(C)(C)C. The molecule has 0 aromatic carbocycles. The molecule has 0 saturated heterocycles. The maximum Gasteiger partial charge on any atom is 0.0118 e. The maximum atomic E-state index is 2.21. The predicted octanol–water partition coefficient (Wildman–Crippen LogP) is 3.49. The van der Waals surface area contributed by atoms with Crippen molar-refractivity contribution < 1.29 is 0 Å². The average molecular weight is 205 g/mol. The first-order chi connectivity index (χ1) is 5.50. The van der Waals surface area contributed by atoms with Crippen LogP contribution in [0.4, 0.5) is 0 Å². The van der Waals surface area contributed by atoms with Crippen LogP contribution in [0.3, 0.4) is 0 Å². The minimum Gasteiger partial charge on any atom is -0.305 e. The summed E-state index contributed by atoms with van der Waals surface area (Å²) in [6, 6.07) is 0. The Morgan fingerprint density at radius 3 is 1.00 bits per heavy atom. The Morgan fingerprint density at radius 1 is 0.846 bits per heavy atom. The molecule has 0 spiro atoms. The zero-order valence-electron chi connectivity index (χ0n) is 10.9. The average Bonchev–Trinajstić information content (AvgIpc) is 1.85. The third-order valence-electron chi connectivity index (χ3n) is 1.95. The molecule has 0 unspecified atom stereocenters. The summed E-state index contributed by atoms with van der Waals surface area (Å²) in [6.45, 7) is 13.2. The lowest BCUT2D eigenvalue weighted by molar-refractivity contribution is 0.219. The van der Waals surface area contributed by atoms with Crippen LogP contribution in [0, 0.1) is 0 Å². The van der Waals surface area contributed by atoms with Crippen LogP contribution in [0.2, 0.25) is 0 Å². The number of rotatable bonds is 0. The lowest BCUT2D eigenvalue weighted by atomic mass is 10.1. The van der Waals surface area contributed by atoms with Gasteiger partial charge in [-0.3, -0.25) is 0 Å². The van der Waals surface area contributed by atoms with E-state index in [1.165, 1.54) is 0 Å². The second kappa shape index (κ2) is 5.92. The highest BCUT2D eigenvalue weighted by Gasteiger charge is 2.10. The van der Waals surface area contributed by atoms with E-state index in [-0.39, 0.29) is 0 Å². The zero-order chi connectivity index (χ0) is 11.3. The van der Waals surface area contributed by atoms with Gasteiger partial charge in [0.05, 0.1) is 0 Å². The van der Waals surface area contributed by atoms with Crippen molar-refractivity contribution in [3.8, 4) is 0 Å². The number of nitrogens with zero attached hydrogens (tertiary/aromatic N) is 1. The van der Waals surface area contributed by atoms with E-state index in [2.05, 4.69) is 66.8 Å². The molecule has 0 aromatic rings. The molecule has 13 heavy (non-hydrogen) atoms. The largest absolute Gasteiger partial charge is 0.305 e. The smallest absolute Gasteiger partial charge is 0.0118 e. The van der Waals surface area contributed by atoms with Crippen LogP contribution < -0.4 is 0 Å². The van der Waals surface area contributed by atoms with Crippen molar-refractivity contribution in [3.05, 3.63) is 0 Å². The molecule has 0 N–H and O–H groups in total. The summed E-state index contributed by atoms with van der Waals surface area (Å²) in [7, 11) is 4.17. The second-order valence-corrected chi connectivity index (χ2v) is 7.01. The van der Waals surface area contributed by atoms with Crippen LogP contribution in [0.15, 0.2) is 0 Å². The Balaban J connectivity index is 0. The molecule has 82 valence electrons. The van der Waals surface area contributed by atoms with E-state index in [4.69, 9.17) is 0 Å². The Kier molecular flexibility index (Phi) is 7.18. The molecule has 0 heterocycles. The molecular formula is C11H27NS. The fraction of sp³-hybridized carbons (Fsp3) is 1.00. The van der Waals surface area contributed by atoms with Crippen LogP contribution in [-0.2, 0) is 0 Å². The van der Waals surface area contributed by atoms with E-state index in [0.29, 0.717) is 10.3 Å². The maximum absolute atomic E-state index is 2.21. The third kappa shape index (κ3) is 15.1. The summed E-state index contributed by atoms with van der Waals surface area (Å²) in [5.74, 6) is 0. The highest BCUT2D eigenvalue weighted by molar-refractivity contribution is 7.99. The molecule has 0 saturated carbocycles. The summed E-state index contributed by atoms with van der Waals surface area (Å²) >= 11 is 1.88. The Bertz CT molecular complexity index is 117. The molecule has 0 aliphatic rings. The molecule has 0 rings (SSSR count). The van der Waals surface area contributed by atoms with Crippen molar-refractivity contribution in [2.24, 2.45) is 0 Å². The van der Waals surface area contributed by atoms with Crippen molar-refractivity contribution in [2.45, 2.75) is 51.8 Å². The fourth-order valence-electron chi connectivity index (χ4n) is 0. The normalized spacial score (nSPS) is 12.5. The molecule has 0 aliphatic heterocycles. The number of hydrogen-bond acceptors (Lipinski definition) is 2. The van der Waals surface area contributed by atoms with Crippen molar-refractivity contribution in [2.75, 3.05) is 20.4 Å². The van der Waals surface area contributed by atoms with Crippen LogP contribution in [0.5, 0.6) is 0 Å². The molecule has 0 aliphatic carbocycles. The fourth-order valence-corrected chi connectivity index (χ4v) is 0.